The Hall–Kier alpha value is -1.02. The second-order valence-corrected chi connectivity index (χ2v) is 6.54. The van der Waals surface area contributed by atoms with E-state index in [9.17, 15) is 8.42 Å². The normalized spacial score (nSPS) is 20.3. The first-order valence-electron chi connectivity index (χ1n) is 6.35. The summed E-state index contributed by atoms with van der Waals surface area (Å²) in [5, 5.41) is 0. The third-order valence-electron chi connectivity index (χ3n) is 3.31. The van der Waals surface area contributed by atoms with Crippen LogP contribution in [-0.4, -0.2) is 55.8 Å². The molecule has 2 rings (SSSR count). The molecule has 0 saturated carbocycles. The molecule has 106 valence electrons. The minimum Gasteiger partial charge on any atom is -0.304 e. The van der Waals surface area contributed by atoms with Gasteiger partial charge in [0.1, 0.15) is 0 Å². The van der Waals surface area contributed by atoms with Crippen molar-refractivity contribution in [2.45, 2.75) is 13.0 Å². The number of nitrogens with one attached hydrogen (secondary N) is 1. The Kier molecular flexibility index (Phi) is 4.51. The first kappa shape index (κ1) is 14.4. The summed E-state index contributed by atoms with van der Waals surface area (Å²) >= 11 is 0. The van der Waals surface area contributed by atoms with Crippen LogP contribution < -0.4 is 4.72 Å². The first-order chi connectivity index (χ1) is 8.99. The van der Waals surface area contributed by atoms with Gasteiger partial charge in [-0.15, -0.1) is 0 Å². The summed E-state index contributed by atoms with van der Waals surface area (Å²) in [6.45, 7) is 4.42. The van der Waals surface area contributed by atoms with E-state index in [0.29, 0.717) is 13.1 Å². The molecule has 2 heterocycles. The molecule has 1 saturated heterocycles. The summed E-state index contributed by atoms with van der Waals surface area (Å²) < 4.78 is 28.7. The van der Waals surface area contributed by atoms with E-state index in [1.54, 1.807) is 18.5 Å². The smallest absolute Gasteiger partial charge is 0.280 e. The third kappa shape index (κ3) is 3.73. The lowest BCUT2D eigenvalue weighted by Crippen LogP contribution is -2.51. The Morgan fingerprint density at radius 1 is 1.32 bits per heavy atom. The van der Waals surface area contributed by atoms with Crippen molar-refractivity contribution in [2.24, 2.45) is 0 Å². The quantitative estimate of drug-likeness (QED) is 0.859. The number of pyridine rings is 1. The predicted octanol–water partition coefficient (Wildman–Crippen LogP) is 0.224. The molecular weight excluding hydrogens is 264 g/mol. The van der Waals surface area contributed by atoms with Crippen LogP contribution >= 0.6 is 0 Å². The van der Waals surface area contributed by atoms with Gasteiger partial charge in [0.05, 0.1) is 0 Å². The van der Waals surface area contributed by atoms with E-state index in [-0.39, 0.29) is 6.04 Å². The van der Waals surface area contributed by atoms with Gasteiger partial charge in [-0.25, -0.2) is 0 Å². The monoisotopic (exact) mass is 284 g/mol. The van der Waals surface area contributed by atoms with Crippen LogP contribution in [0.15, 0.2) is 24.5 Å². The van der Waals surface area contributed by atoms with Crippen molar-refractivity contribution >= 4 is 10.2 Å². The highest BCUT2D eigenvalue weighted by Gasteiger charge is 2.27. The lowest BCUT2D eigenvalue weighted by Gasteiger charge is -2.32. The fourth-order valence-corrected chi connectivity index (χ4v) is 3.40. The van der Waals surface area contributed by atoms with Gasteiger partial charge in [-0.05, 0) is 25.6 Å². The summed E-state index contributed by atoms with van der Waals surface area (Å²) in [7, 11) is -1.43. The van der Waals surface area contributed by atoms with E-state index in [2.05, 4.69) is 14.6 Å². The topological polar surface area (TPSA) is 65.5 Å². The molecule has 1 N–H and O–H groups in total. The van der Waals surface area contributed by atoms with Crippen molar-refractivity contribution in [3.8, 4) is 0 Å². The summed E-state index contributed by atoms with van der Waals surface area (Å²) in [5.41, 5.74) is 0.861. The standard InChI is InChI=1S/C12H20N4O2S/c1-11(12-4-3-5-13-10-12)14-19(17,18)16-8-6-15(2)7-9-16/h3-5,10-11,14H,6-9H2,1-2H3/t11-/m0/s1. The van der Waals surface area contributed by atoms with Crippen molar-refractivity contribution in [2.75, 3.05) is 33.2 Å². The molecule has 0 amide bonds. The van der Waals surface area contributed by atoms with Crippen LogP contribution in [-0.2, 0) is 10.2 Å². The zero-order chi connectivity index (χ0) is 13.9. The molecule has 0 bridgehead atoms. The number of aromatic nitrogens is 1. The molecule has 0 spiro atoms. The minimum atomic E-state index is -3.43. The maximum atomic E-state index is 12.3. The zero-order valence-corrected chi connectivity index (χ0v) is 12.1. The second kappa shape index (κ2) is 5.96. The highest BCUT2D eigenvalue weighted by Crippen LogP contribution is 2.13. The van der Waals surface area contributed by atoms with Crippen LogP contribution in [0.4, 0.5) is 0 Å². The van der Waals surface area contributed by atoms with Crippen LogP contribution in [0.3, 0.4) is 0 Å². The second-order valence-electron chi connectivity index (χ2n) is 4.83. The van der Waals surface area contributed by atoms with Gasteiger partial charge in [0, 0.05) is 44.6 Å². The van der Waals surface area contributed by atoms with Gasteiger partial charge >= 0.3 is 0 Å². The molecular formula is C12H20N4O2S. The Labute approximate surface area is 114 Å². The highest BCUT2D eigenvalue weighted by molar-refractivity contribution is 7.87. The molecule has 6 nitrogen and oxygen atoms in total. The van der Waals surface area contributed by atoms with Gasteiger partial charge in [0.2, 0.25) is 0 Å². The van der Waals surface area contributed by atoms with Crippen LogP contribution in [0, 0.1) is 0 Å². The van der Waals surface area contributed by atoms with Gasteiger partial charge in [-0.2, -0.15) is 17.4 Å². The Bertz CT molecular complexity index is 498. The summed E-state index contributed by atoms with van der Waals surface area (Å²) in [6.07, 6.45) is 3.35. The maximum Gasteiger partial charge on any atom is 0.280 e. The molecule has 1 aliphatic heterocycles. The van der Waals surface area contributed by atoms with Crippen LogP contribution in [0.1, 0.15) is 18.5 Å². The SMILES string of the molecule is C[C@H](NS(=O)(=O)N1CCN(C)CC1)c1cccnc1. The minimum absolute atomic E-state index is 0.279. The molecule has 7 heteroatoms. The number of likely N-dealkylation sites (N-methyl/N-ethyl adjacent to an activating group) is 1. The van der Waals surface area contributed by atoms with E-state index >= 15 is 0 Å². The van der Waals surface area contributed by atoms with Crippen LogP contribution in [0.25, 0.3) is 0 Å². The lowest BCUT2D eigenvalue weighted by atomic mass is 10.2. The average Bonchev–Trinajstić information content (AvgIpc) is 2.40. The number of rotatable bonds is 4. The van der Waals surface area contributed by atoms with Crippen molar-refractivity contribution in [3.63, 3.8) is 0 Å². The van der Waals surface area contributed by atoms with Crippen molar-refractivity contribution in [1.29, 1.82) is 0 Å². The van der Waals surface area contributed by atoms with Gasteiger partial charge < -0.3 is 4.90 Å². The highest BCUT2D eigenvalue weighted by atomic mass is 32.2. The third-order valence-corrected chi connectivity index (χ3v) is 5.01. The maximum absolute atomic E-state index is 12.3. The number of hydrogen-bond acceptors (Lipinski definition) is 4. The number of nitrogens with zero attached hydrogens (tertiary/aromatic N) is 3. The van der Waals surface area contributed by atoms with E-state index in [1.165, 1.54) is 4.31 Å². The van der Waals surface area contributed by atoms with Gasteiger partial charge in [0.25, 0.3) is 10.2 Å². The Morgan fingerprint density at radius 2 is 2.00 bits per heavy atom. The lowest BCUT2D eigenvalue weighted by molar-refractivity contribution is 0.220. The molecule has 1 fully saturated rings. The van der Waals surface area contributed by atoms with E-state index in [1.807, 2.05) is 20.0 Å². The molecule has 0 aromatic carbocycles. The summed E-state index contributed by atoms with van der Waals surface area (Å²) in [4.78, 5) is 6.12. The van der Waals surface area contributed by atoms with E-state index in [0.717, 1.165) is 18.7 Å². The van der Waals surface area contributed by atoms with Gasteiger partial charge in [0.15, 0.2) is 0 Å². The first-order valence-corrected chi connectivity index (χ1v) is 7.79. The molecule has 19 heavy (non-hydrogen) atoms. The van der Waals surface area contributed by atoms with Crippen molar-refractivity contribution in [1.82, 2.24) is 18.9 Å². The largest absolute Gasteiger partial charge is 0.304 e. The molecule has 0 radical (unpaired) electrons. The van der Waals surface area contributed by atoms with Crippen molar-refractivity contribution < 1.29 is 8.42 Å². The predicted molar refractivity (Wildman–Crippen MR) is 73.8 cm³/mol. The average molecular weight is 284 g/mol. The van der Waals surface area contributed by atoms with Gasteiger partial charge in [-0.3, -0.25) is 4.98 Å². The van der Waals surface area contributed by atoms with E-state index < -0.39 is 10.2 Å². The van der Waals surface area contributed by atoms with Gasteiger partial charge in [-0.1, -0.05) is 6.07 Å². The summed E-state index contributed by atoms with van der Waals surface area (Å²) in [6, 6.07) is 3.39. The summed E-state index contributed by atoms with van der Waals surface area (Å²) in [5.74, 6) is 0. The van der Waals surface area contributed by atoms with Crippen LogP contribution in [0.5, 0.6) is 0 Å². The number of piperazine rings is 1. The van der Waals surface area contributed by atoms with Crippen LogP contribution in [0.2, 0.25) is 0 Å². The Morgan fingerprint density at radius 3 is 2.58 bits per heavy atom. The van der Waals surface area contributed by atoms with E-state index in [4.69, 9.17) is 0 Å². The molecule has 1 aromatic heterocycles. The molecule has 1 aliphatic rings. The molecule has 1 aromatic rings. The molecule has 0 aliphatic carbocycles. The number of hydrogen-bond donors (Lipinski definition) is 1. The Balaban J connectivity index is 2.01. The fraction of sp³-hybridized carbons (Fsp3) is 0.583. The fourth-order valence-electron chi connectivity index (χ4n) is 2.03. The molecule has 0 unspecified atom stereocenters. The van der Waals surface area contributed by atoms with Crippen molar-refractivity contribution in [3.05, 3.63) is 30.1 Å². The molecule has 1 atom stereocenters. The zero-order valence-electron chi connectivity index (χ0n) is 11.3.